The minimum Gasteiger partial charge on any atom is -0.463 e. The summed E-state index contributed by atoms with van der Waals surface area (Å²) in [6.45, 7) is 21.0. The van der Waals surface area contributed by atoms with E-state index >= 15 is 0 Å². The number of esters is 1. The lowest BCUT2D eigenvalue weighted by Crippen LogP contribution is -2.62. The average Bonchev–Trinajstić information content (AvgIpc) is 2.72. The number of likely N-dealkylation sites (N-methyl/N-ethyl adjacent to an activating group) is 1. The van der Waals surface area contributed by atoms with Gasteiger partial charge in [-0.3, -0.25) is 14.5 Å². The zero-order chi connectivity index (χ0) is 26.4. The number of nitrogens with one attached hydrogen (secondary N) is 1. The van der Waals surface area contributed by atoms with Crippen LogP contribution >= 0.6 is 0 Å². The minimum absolute atomic E-state index is 0.0735. The molecule has 0 aromatic carbocycles. The van der Waals surface area contributed by atoms with E-state index in [1.54, 1.807) is 31.9 Å². The van der Waals surface area contributed by atoms with Gasteiger partial charge in [0.15, 0.2) is 0 Å². The van der Waals surface area contributed by atoms with Gasteiger partial charge in [0.1, 0.15) is 6.04 Å². The van der Waals surface area contributed by atoms with Gasteiger partial charge in [0.25, 0.3) is 0 Å². The Kier molecular flexibility index (Phi) is 10.8. The third kappa shape index (κ3) is 8.10. The standard InChI is InChI=1S/C27H49N3O4/c1-12-34-25(33)19(4)17-21(18(2)3)29(11)24(32)22(26(5,6)7)28-23(31)20-15-13-14-16-30(20)27(8,9)10/h17-18,20-22H,12-16H2,1-11H3,(H,28,31)/b19-17+/t20?,21-,22-/m0/s1. The predicted molar refractivity (Wildman–Crippen MR) is 137 cm³/mol. The molecule has 1 saturated heterocycles. The van der Waals surface area contributed by atoms with Gasteiger partial charge in [-0.1, -0.05) is 47.1 Å². The third-order valence-electron chi connectivity index (χ3n) is 6.56. The lowest BCUT2D eigenvalue weighted by molar-refractivity contribution is -0.142. The number of hydrogen-bond donors (Lipinski definition) is 1. The summed E-state index contributed by atoms with van der Waals surface area (Å²) in [5, 5.41) is 3.12. The second-order valence-electron chi connectivity index (χ2n) is 11.9. The van der Waals surface area contributed by atoms with Crippen LogP contribution in [0.15, 0.2) is 11.6 Å². The van der Waals surface area contributed by atoms with Gasteiger partial charge in [0.05, 0.1) is 18.7 Å². The smallest absolute Gasteiger partial charge is 0.333 e. The van der Waals surface area contributed by atoms with Crippen LogP contribution < -0.4 is 5.32 Å². The van der Waals surface area contributed by atoms with Gasteiger partial charge in [-0.15, -0.1) is 0 Å². The number of rotatable bonds is 8. The van der Waals surface area contributed by atoms with Crippen LogP contribution in [0, 0.1) is 11.3 Å². The molecule has 7 nitrogen and oxygen atoms in total. The lowest BCUT2D eigenvalue weighted by atomic mass is 9.84. The van der Waals surface area contributed by atoms with Gasteiger partial charge < -0.3 is 15.0 Å². The highest BCUT2D eigenvalue weighted by Gasteiger charge is 2.41. The fourth-order valence-electron chi connectivity index (χ4n) is 4.57. The van der Waals surface area contributed by atoms with Crippen molar-refractivity contribution in [2.45, 2.75) is 112 Å². The summed E-state index contributed by atoms with van der Waals surface area (Å²) in [7, 11) is 1.74. The summed E-state index contributed by atoms with van der Waals surface area (Å²) in [6.07, 6.45) is 4.67. The Morgan fingerprint density at radius 1 is 1.12 bits per heavy atom. The molecule has 1 fully saturated rings. The van der Waals surface area contributed by atoms with E-state index in [1.807, 2.05) is 34.6 Å². The number of ether oxygens (including phenoxy) is 1. The first-order valence-electron chi connectivity index (χ1n) is 12.7. The molecule has 1 unspecified atom stereocenters. The highest BCUT2D eigenvalue weighted by molar-refractivity contribution is 5.91. The molecule has 0 aliphatic carbocycles. The maximum absolute atomic E-state index is 13.8. The van der Waals surface area contributed by atoms with Crippen LogP contribution in [0.5, 0.6) is 0 Å². The number of nitrogens with zero attached hydrogens (tertiary/aromatic N) is 2. The van der Waals surface area contributed by atoms with Gasteiger partial charge in [-0.05, 0) is 65.3 Å². The van der Waals surface area contributed by atoms with Crippen LogP contribution in [0.4, 0.5) is 0 Å². The summed E-state index contributed by atoms with van der Waals surface area (Å²) >= 11 is 0. The molecule has 2 amide bonds. The van der Waals surface area contributed by atoms with Crippen molar-refractivity contribution in [2.75, 3.05) is 20.2 Å². The molecule has 3 atom stereocenters. The van der Waals surface area contributed by atoms with E-state index in [2.05, 4.69) is 31.0 Å². The number of amides is 2. The van der Waals surface area contributed by atoms with Crippen molar-refractivity contribution in [1.82, 2.24) is 15.1 Å². The predicted octanol–water partition coefficient (Wildman–Crippen LogP) is 4.16. The zero-order valence-corrected chi connectivity index (χ0v) is 23.4. The molecule has 7 heteroatoms. The SMILES string of the molecule is CCOC(=O)/C(C)=C/[C@@H](C(C)C)N(C)C(=O)[C@H](NC(=O)C1CCCCN1C(C)(C)C)C(C)(C)C. The van der Waals surface area contributed by atoms with Crippen LogP contribution in [0.3, 0.4) is 0 Å². The molecule has 0 bridgehead atoms. The van der Waals surface area contributed by atoms with Crippen molar-refractivity contribution in [3.63, 3.8) is 0 Å². The molecule has 0 aromatic rings. The monoisotopic (exact) mass is 479 g/mol. The maximum Gasteiger partial charge on any atom is 0.333 e. The van der Waals surface area contributed by atoms with Crippen molar-refractivity contribution < 1.29 is 19.1 Å². The summed E-state index contributed by atoms with van der Waals surface area (Å²) < 4.78 is 5.11. The molecule has 1 N–H and O–H groups in total. The first-order valence-corrected chi connectivity index (χ1v) is 12.7. The van der Waals surface area contributed by atoms with Gasteiger partial charge in [-0.2, -0.15) is 0 Å². The summed E-state index contributed by atoms with van der Waals surface area (Å²) in [5.74, 6) is -0.556. The number of piperidine rings is 1. The lowest BCUT2D eigenvalue weighted by Gasteiger charge is -2.45. The normalized spacial score (nSPS) is 20.0. The highest BCUT2D eigenvalue weighted by atomic mass is 16.5. The molecule has 0 radical (unpaired) electrons. The van der Waals surface area contributed by atoms with Crippen molar-refractivity contribution in [2.24, 2.45) is 11.3 Å². The number of hydrogen-bond acceptors (Lipinski definition) is 5. The molecule has 1 aliphatic heterocycles. The molecular formula is C27H49N3O4. The maximum atomic E-state index is 13.8. The van der Waals surface area contributed by atoms with Gasteiger partial charge in [0.2, 0.25) is 11.8 Å². The molecule has 196 valence electrons. The zero-order valence-electron chi connectivity index (χ0n) is 23.4. The Morgan fingerprint density at radius 2 is 1.71 bits per heavy atom. The molecule has 34 heavy (non-hydrogen) atoms. The molecule has 0 aromatic heterocycles. The minimum atomic E-state index is -0.689. The number of carbonyl (C=O) groups excluding carboxylic acids is 3. The van der Waals surface area contributed by atoms with Crippen LogP contribution in [0.2, 0.25) is 0 Å². The molecule has 0 spiro atoms. The summed E-state index contributed by atoms with van der Waals surface area (Å²) in [4.78, 5) is 43.3. The van der Waals surface area contributed by atoms with Crippen molar-refractivity contribution in [1.29, 1.82) is 0 Å². The molecule has 1 heterocycles. The second kappa shape index (κ2) is 12.2. The number of carbonyl (C=O) groups is 3. The summed E-state index contributed by atoms with van der Waals surface area (Å²) in [6, 6.07) is -1.24. The van der Waals surface area contributed by atoms with Crippen LogP contribution in [-0.4, -0.2) is 71.4 Å². The average molecular weight is 480 g/mol. The van der Waals surface area contributed by atoms with Gasteiger partial charge in [-0.25, -0.2) is 4.79 Å². The quantitative estimate of drug-likeness (QED) is 0.418. The molecular weight excluding hydrogens is 430 g/mol. The first-order chi connectivity index (χ1) is 15.5. The van der Waals surface area contributed by atoms with Crippen molar-refractivity contribution >= 4 is 17.8 Å². The second-order valence-corrected chi connectivity index (χ2v) is 11.9. The third-order valence-corrected chi connectivity index (χ3v) is 6.56. The van der Waals surface area contributed by atoms with E-state index in [0.717, 1.165) is 25.8 Å². The molecule has 1 rings (SSSR count). The van der Waals surface area contributed by atoms with E-state index in [1.165, 1.54) is 0 Å². The van der Waals surface area contributed by atoms with Gasteiger partial charge in [0, 0.05) is 18.2 Å². The van der Waals surface area contributed by atoms with E-state index in [9.17, 15) is 14.4 Å². The molecule has 1 aliphatic rings. The van der Waals surface area contributed by atoms with E-state index in [4.69, 9.17) is 4.74 Å². The Hall–Kier alpha value is -1.89. The van der Waals surface area contributed by atoms with Crippen LogP contribution in [-0.2, 0) is 19.1 Å². The van der Waals surface area contributed by atoms with Crippen LogP contribution in [0.1, 0.15) is 88.5 Å². The van der Waals surface area contributed by atoms with Crippen molar-refractivity contribution in [3.05, 3.63) is 11.6 Å². The Balaban J connectivity index is 3.19. The van der Waals surface area contributed by atoms with E-state index < -0.39 is 11.5 Å². The highest BCUT2D eigenvalue weighted by Crippen LogP contribution is 2.28. The Bertz CT molecular complexity index is 746. The molecule has 0 saturated carbocycles. The van der Waals surface area contributed by atoms with Crippen molar-refractivity contribution in [3.8, 4) is 0 Å². The van der Waals surface area contributed by atoms with E-state index in [0.29, 0.717) is 12.2 Å². The fourth-order valence-corrected chi connectivity index (χ4v) is 4.57. The fraction of sp³-hybridized carbons (Fsp3) is 0.815. The van der Waals surface area contributed by atoms with Crippen LogP contribution in [0.25, 0.3) is 0 Å². The Morgan fingerprint density at radius 3 is 2.18 bits per heavy atom. The number of likely N-dealkylation sites (tertiary alicyclic amines) is 1. The summed E-state index contributed by atoms with van der Waals surface area (Å²) in [5.41, 5.74) is -0.137. The van der Waals surface area contributed by atoms with E-state index in [-0.39, 0.29) is 41.3 Å². The largest absolute Gasteiger partial charge is 0.463 e. The topological polar surface area (TPSA) is 79.0 Å². The van der Waals surface area contributed by atoms with Gasteiger partial charge >= 0.3 is 5.97 Å². The first kappa shape index (κ1) is 30.1. The Labute approximate surface area is 207 Å².